The molecule has 3 N–H and O–H groups in total. The summed E-state index contributed by atoms with van der Waals surface area (Å²) in [5.74, 6) is 1.68. The number of amides is 1. The van der Waals surface area contributed by atoms with Gasteiger partial charge in [-0.1, -0.05) is 18.2 Å². The maximum atomic E-state index is 13.0. The molecule has 0 saturated carbocycles. The van der Waals surface area contributed by atoms with Crippen LogP contribution < -0.4 is 20.1 Å². The van der Waals surface area contributed by atoms with Crippen LogP contribution in [0.25, 0.3) is 22.3 Å². The molecule has 2 heterocycles. The average Bonchev–Trinajstić information content (AvgIpc) is 3.34. The number of benzene rings is 2. The van der Waals surface area contributed by atoms with Crippen LogP contribution in [0.1, 0.15) is 26.3 Å². The van der Waals surface area contributed by atoms with Gasteiger partial charge in [-0.2, -0.15) is 5.10 Å². The number of H-pyrrole nitrogens is 1. The van der Waals surface area contributed by atoms with E-state index in [1.807, 2.05) is 26.8 Å². The Morgan fingerprint density at radius 1 is 1.11 bits per heavy atom. The Labute approximate surface area is 212 Å². The van der Waals surface area contributed by atoms with Crippen molar-refractivity contribution < 1.29 is 23.0 Å². The summed E-state index contributed by atoms with van der Waals surface area (Å²) in [5.41, 5.74) is 1.43. The predicted octanol–water partition coefficient (Wildman–Crippen LogP) is 5.01. The number of nitrogens with one attached hydrogen (secondary N) is 3. The molecule has 0 unspecified atom stereocenters. The number of aromatic amines is 1. The van der Waals surface area contributed by atoms with E-state index in [0.717, 1.165) is 0 Å². The lowest BCUT2D eigenvalue weighted by molar-refractivity contribution is -0.124. The molecule has 37 heavy (non-hydrogen) atoms. The van der Waals surface area contributed by atoms with Gasteiger partial charge in [0.2, 0.25) is 0 Å². The highest BCUT2D eigenvalue weighted by molar-refractivity contribution is 5.98. The number of ether oxygens (including phenoxy) is 2. The Kier molecular flexibility index (Phi) is 7.51. The second-order valence-corrected chi connectivity index (χ2v) is 9.40. The van der Waals surface area contributed by atoms with Crippen LogP contribution in [0.15, 0.2) is 48.7 Å². The molecule has 2 aromatic heterocycles. The van der Waals surface area contributed by atoms with Gasteiger partial charge < -0.3 is 20.1 Å². The van der Waals surface area contributed by atoms with Gasteiger partial charge in [0.15, 0.2) is 18.2 Å². The maximum absolute atomic E-state index is 13.0. The first-order valence-electron chi connectivity index (χ1n) is 11.6. The summed E-state index contributed by atoms with van der Waals surface area (Å²) in [6, 6.07) is 12.3. The van der Waals surface area contributed by atoms with Gasteiger partial charge in [0.05, 0.1) is 10.9 Å². The Bertz CT molecular complexity index is 1390. The van der Waals surface area contributed by atoms with Crippen molar-refractivity contribution in [2.75, 3.05) is 18.5 Å². The van der Waals surface area contributed by atoms with Crippen molar-refractivity contribution in [1.82, 2.24) is 25.5 Å². The third-order valence-corrected chi connectivity index (χ3v) is 5.09. The molecule has 4 rings (SSSR count). The van der Waals surface area contributed by atoms with Gasteiger partial charge in [-0.05, 0) is 51.5 Å². The van der Waals surface area contributed by atoms with E-state index >= 15 is 0 Å². The van der Waals surface area contributed by atoms with Crippen LogP contribution in [0, 0.1) is 6.92 Å². The summed E-state index contributed by atoms with van der Waals surface area (Å²) in [6.07, 6.45) is -0.992. The number of rotatable bonds is 9. The molecule has 4 aromatic rings. The quantitative estimate of drug-likeness (QED) is 0.290. The van der Waals surface area contributed by atoms with Crippen molar-refractivity contribution in [1.29, 1.82) is 0 Å². The average molecular weight is 511 g/mol. The number of alkyl halides is 2. The van der Waals surface area contributed by atoms with Crippen molar-refractivity contribution in [3.63, 3.8) is 0 Å². The molecule has 0 spiro atoms. The number of hydrogen-bond donors (Lipinski definition) is 3. The Balaban J connectivity index is 1.71. The Hall–Kier alpha value is -4.28. The Morgan fingerprint density at radius 3 is 2.62 bits per heavy atom. The van der Waals surface area contributed by atoms with Crippen LogP contribution in [-0.2, 0) is 4.79 Å². The van der Waals surface area contributed by atoms with Crippen LogP contribution in [-0.4, -0.2) is 51.3 Å². The molecule has 9 nitrogen and oxygen atoms in total. The minimum absolute atomic E-state index is 0.143. The maximum Gasteiger partial charge on any atom is 0.272 e. The summed E-state index contributed by atoms with van der Waals surface area (Å²) in [7, 11) is 0. The van der Waals surface area contributed by atoms with Gasteiger partial charge in [0, 0.05) is 23.4 Å². The van der Waals surface area contributed by atoms with E-state index in [1.165, 1.54) is 0 Å². The molecule has 2 aromatic carbocycles. The summed E-state index contributed by atoms with van der Waals surface area (Å²) in [6.45, 7) is 6.54. The van der Waals surface area contributed by atoms with E-state index in [1.54, 1.807) is 49.5 Å². The molecule has 0 fully saturated rings. The van der Waals surface area contributed by atoms with E-state index in [-0.39, 0.29) is 23.8 Å². The van der Waals surface area contributed by atoms with Gasteiger partial charge in [-0.15, -0.1) is 0 Å². The highest BCUT2D eigenvalue weighted by Gasteiger charge is 2.19. The second kappa shape index (κ2) is 10.8. The molecule has 0 bridgehead atoms. The van der Waals surface area contributed by atoms with Crippen LogP contribution in [0.4, 0.5) is 20.4 Å². The van der Waals surface area contributed by atoms with Crippen molar-refractivity contribution in [3.05, 3.63) is 54.2 Å². The van der Waals surface area contributed by atoms with E-state index in [9.17, 15) is 13.6 Å². The summed E-state index contributed by atoms with van der Waals surface area (Å²) in [5, 5.41) is 13.3. The minimum Gasteiger partial charge on any atom is -0.487 e. The van der Waals surface area contributed by atoms with Gasteiger partial charge in [-0.3, -0.25) is 9.89 Å². The molecule has 1 amide bonds. The third kappa shape index (κ3) is 6.69. The molecular weight excluding hydrogens is 482 g/mol. The first-order valence-corrected chi connectivity index (χ1v) is 11.6. The number of carbonyl (C=O) groups excluding carboxylic acids is 1. The Morgan fingerprint density at radius 2 is 1.92 bits per heavy atom. The predicted molar refractivity (Wildman–Crippen MR) is 136 cm³/mol. The minimum atomic E-state index is -2.63. The van der Waals surface area contributed by atoms with Crippen molar-refractivity contribution in [3.8, 4) is 22.9 Å². The largest absolute Gasteiger partial charge is 0.487 e. The van der Waals surface area contributed by atoms with Crippen LogP contribution in [0.5, 0.6) is 11.5 Å². The second-order valence-electron chi connectivity index (χ2n) is 9.40. The van der Waals surface area contributed by atoms with Crippen LogP contribution in [0.3, 0.4) is 0 Å². The fourth-order valence-corrected chi connectivity index (χ4v) is 3.63. The number of aryl methyl sites for hydroxylation is 1. The zero-order valence-electron chi connectivity index (χ0n) is 20.9. The smallest absolute Gasteiger partial charge is 0.272 e. The first-order chi connectivity index (χ1) is 17.6. The summed E-state index contributed by atoms with van der Waals surface area (Å²) < 4.78 is 37.1. The van der Waals surface area contributed by atoms with Gasteiger partial charge in [-0.25, -0.2) is 18.7 Å². The van der Waals surface area contributed by atoms with Crippen molar-refractivity contribution in [2.24, 2.45) is 0 Å². The van der Waals surface area contributed by atoms with Crippen LogP contribution in [0.2, 0.25) is 0 Å². The molecule has 0 aliphatic rings. The molecule has 194 valence electrons. The van der Waals surface area contributed by atoms with E-state index in [2.05, 4.69) is 30.8 Å². The number of halogens is 2. The standard InChI is InChI=1S/C26H28F2N6O3/c1-15-8-9-18-22(23(15)37-13-19(27)28)25(31-20-10-11-29-34-20)32-24(30-18)16-6-5-7-17(12-16)36-14-21(35)33-26(2,3)4/h5-12,19H,13-14H2,1-4H3,(H,33,35)(H2,29,30,31,32,34). The molecule has 0 atom stereocenters. The molecule has 0 aliphatic heterocycles. The van der Waals surface area contributed by atoms with Crippen molar-refractivity contribution >= 4 is 28.4 Å². The number of hydrogen-bond acceptors (Lipinski definition) is 7. The topological polar surface area (TPSA) is 114 Å². The zero-order valence-corrected chi connectivity index (χ0v) is 20.9. The molecule has 0 aliphatic carbocycles. The van der Waals surface area contributed by atoms with E-state index < -0.39 is 13.0 Å². The molecule has 0 radical (unpaired) electrons. The normalized spacial score (nSPS) is 11.5. The fourth-order valence-electron chi connectivity index (χ4n) is 3.63. The number of nitrogens with zero attached hydrogens (tertiary/aromatic N) is 3. The van der Waals surface area contributed by atoms with Gasteiger partial charge in [0.1, 0.15) is 23.9 Å². The number of carbonyl (C=O) groups is 1. The highest BCUT2D eigenvalue weighted by atomic mass is 19.3. The monoisotopic (exact) mass is 510 g/mol. The molecule has 11 heteroatoms. The summed E-state index contributed by atoms with van der Waals surface area (Å²) >= 11 is 0. The first kappa shape index (κ1) is 25.8. The van der Waals surface area contributed by atoms with E-state index in [4.69, 9.17) is 9.47 Å². The number of aromatic nitrogens is 4. The SMILES string of the molecule is Cc1ccc2nc(-c3cccc(OCC(=O)NC(C)(C)C)c3)nc(Nc3cc[nH]n3)c2c1OCC(F)F. The lowest BCUT2D eigenvalue weighted by atomic mass is 10.1. The van der Waals surface area contributed by atoms with Gasteiger partial charge in [0.25, 0.3) is 12.3 Å². The summed E-state index contributed by atoms with van der Waals surface area (Å²) in [4.78, 5) is 21.5. The lowest BCUT2D eigenvalue weighted by Crippen LogP contribution is -2.43. The van der Waals surface area contributed by atoms with Gasteiger partial charge >= 0.3 is 0 Å². The van der Waals surface area contributed by atoms with Crippen LogP contribution >= 0.6 is 0 Å². The number of fused-ring (bicyclic) bond motifs is 1. The molecular formula is C26H28F2N6O3. The highest BCUT2D eigenvalue weighted by Crippen LogP contribution is 2.36. The lowest BCUT2D eigenvalue weighted by Gasteiger charge is -2.20. The van der Waals surface area contributed by atoms with E-state index in [0.29, 0.717) is 45.2 Å². The zero-order chi connectivity index (χ0) is 26.6. The fraction of sp³-hybridized carbons (Fsp3) is 0.308. The third-order valence-electron chi connectivity index (χ3n) is 5.09. The van der Waals surface area contributed by atoms with Crippen molar-refractivity contribution in [2.45, 2.75) is 39.7 Å². The molecule has 0 saturated heterocycles. The number of anilines is 2.